The summed E-state index contributed by atoms with van der Waals surface area (Å²) < 4.78 is 4.56. The minimum absolute atomic E-state index is 0.118. The predicted octanol–water partition coefficient (Wildman–Crippen LogP) is 1.70. The van der Waals surface area contributed by atoms with Crippen LogP contribution in [0.3, 0.4) is 0 Å². The Balaban J connectivity index is 3.42. The SMILES string of the molecule is CCCC(CN)CCCC(=O)OC. The molecule has 0 radical (unpaired) electrons. The molecule has 3 heteroatoms. The second kappa shape index (κ2) is 8.05. The molecule has 0 aromatic heterocycles. The number of carbonyl (C=O) groups excluding carboxylic acids is 1. The van der Waals surface area contributed by atoms with Gasteiger partial charge in [0.05, 0.1) is 7.11 Å². The van der Waals surface area contributed by atoms with E-state index in [2.05, 4.69) is 11.7 Å². The van der Waals surface area contributed by atoms with Crippen LogP contribution in [-0.2, 0) is 9.53 Å². The van der Waals surface area contributed by atoms with Crippen LogP contribution in [0.5, 0.6) is 0 Å². The van der Waals surface area contributed by atoms with Crippen LogP contribution in [0.2, 0.25) is 0 Å². The fourth-order valence-corrected chi connectivity index (χ4v) is 1.43. The standard InChI is InChI=1S/C10H21NO2/c1-3-5-9(8-11)6-4-7-10(12)13-2/h9H,3-8,11H2,1-2H3. The molecule has 0 aliphatic rings. The van der Waals surface area contributed by atoms with Crippen LogP contribution in [0, 0.1) is 5.92 Å². The van der Waals surface area contributed by atoms with Crippen LogP contribution in [0.25, 0.3) is 0 Å². The maximum Gasteiger partial charge on any atom is 0.305 e. The summed E-state index contributed by atoms with van der Waals surface area (Å²) in [5.41, 5.74) is 5.59. The quantitative estimate of drug-likeness (QED) is 0.617. The first-order valence-corrected chi connectivity index (χ1v) is 5.01. The van der Waals surface area contributed by atoms with E-state index >= 15 is 0 Å². The van der Waals surface area contributed by atoms with Gasteiger partial charge in [-0.15, -0.1) is 0 Å². The Morgan fingerprint density at radius 1 is 1.46 bits per heavy atom. The van der Waals surface area contributed by atoms with Gasteiger partial charge in [0.2, 0.25) is 0 Å². The van der Waals surface area contributed by atoms with E-state index in [1.807, 2.05) is 0 Å². The molecule has 78 valence electrons. The lowest BCUT2D eigenvalue weighted by Crippen LogP contribution is -2.14. The van der Waals surface area contributed by atoms with Gasteiger partial charge in [0.15, 0.2) is 0 Å². The number of esters is 1. The van der Waals surface area contributed by atoms with Gasteiger partial charge in [0.25, 0.3) is 0 Å². The summed E-state index contributed by atoms with van der Waals surface area (Å²) in [6.07, 6.45) is 4.79. The van der Waals surface area contributed by atoms with E-state index in [4.69, 9.17) is 5.73 Å². The van der Waals surface area contributed by atoms with Crippen molar-refractivity contribution in [1.29, 1.82) is 0 Å². The Morgan fingerprint density at radius 3 is 2.62 bits per heavy atom. The molecule has 0 fully saturated rings. The molecule has 0 amide bonds. The van der Waals surface area contributed by atoms with Crippen molar-refractivity contribution in [2.75, 3.05) is 13.7 Å². The lowest BCUT2D eigenvalue weighted by atomic mass is 9.97. The van der Waals surface area contributed by atoms with Crippen molar-refractivity contribution in [1.82, 2.24) is 0 Å². The number of carbonyl (C=O) groups is 1. The lowest BCUT2D eigenvalue weighted by Gasteiger charge is -2.12. The van der Waals surface area contributed by atoms with E-state index in [0.29, 0.717) is 12.3 Å². The predicted molar refractivity (Wildman–Crippen MR) is 53.3 cm³/mol. The van der Waals surface area contributed by atoms with Crippen molar-refractivity contribution >= 4 is 5.97 Å². The van der Waals surface area contributed by atoms with E-state index in [-0.39, 0.29) is 5.97 Å². The van der Waals surface area contributed by atoms with Crippen LogP contribution < -0.4 is 5.73 Å². The van der Waals surface area contributed by atoms with Gasteiger partial charge in [-0.3, -0.25) is 4.79 Å². The van der Waals surface area contributed by atoms with Gasteiger partial charge in [0.1, 0.15) is 0 Å². The number of methoxy groups -OCH3 is 1. The smallest absolute Gasteiger partial charge is 0.305 e. The molecule has 0 rings (SSSR count). The normalized spacial score (nSPS) is 12.5. The molecule has 2 N–H and O–H groups in total. The summed E-state index contributed by atoms with van der Waals surface area (Å²) in [6.45, 7) is 2.89. The van der Waals surface area contributed by atoms with Crippen molar-refractivity contribution in [2.24, 2.45) is 11.7 Å². The summed E-state index contributed by atoms with van der Waals surface area (Å²) in [6, 6.07) is 0. The van der Waals surface area contributed by atoms with Gasteiger partial charge >= 0.3 is 5.97 Å². The number of hydrogen-bond acceptors (Lipinski definition) is 3. The highest BCUT2D eigenvalue weighted by atomic mass is 16.5. The second-order valence-electron chi connectivity index (χ2n) is 3.36. The molecular formula is C10H21NO2. The Kier molecular flexibility index (Phi) is 7.69. The van der Waals surface area contributed by atoms with E-state index in [1.54, 1.807) is 0 Å². The van der Waals surface area contributed by atoms with Crippen LogP contribution >= 0.6 is 0 Å². The van der Waals surface area contributed by atoms with Gasteiger partial charge < -0.3 is 10.5 Å². The fourth-order valence-electron chi connectivity index (χ4n) is 1.43. The lowest BCUT2D eigenvalue weighted by molar-refractivity contribution is -0.140. The third-order valence-electron chi connectivity index (χ3n) is 2.25. The molecule has 0 saturated heterocycles. The zero-order valence-electron chi connectivity index (χ0n) is 8.71. The van der Waals surface area contributed by atoms with Gasteiger partial charge in [-0.2, -0.15) is 0 Å². The van der Waals surface area contributed by atoms with Gasteiger partial charge in [-0.05, 0) is 31.7 Å². The first-order valence-electron chi connectivity index (χ1n) is 5.01. The summed E-state index contributed by atoms with van der Waals surface area (Å²) in [5.74, 6) is 0.460. The number of ether oxygens (including phenoxy) is 1. The molecule has 1 atom stereocenters. The minimum atomic E-state index is -0.118. The highest BCUT2D eigenvalue weighted by Gasteiger charge is 2.06. The molecule has 1 unspecified atom stereocenters. The first-order chi connectivity index (χ1) is 6.24. The molecule has 0 aromatic rings. The third kappa shape index (κ3) is 6.58. The minimum Gasteiger partial charge on any atom is -0.469 e. The fraction of sp³-hybridized carbons (Fsp3) is 0.900. The Morgan fingerprint density at radius 2 is 2.15 bits per heavy atom. The third-order valence-corrected chi connectivity index (χ3v) is 2.25. The Bertz CT molecular complexity index is 137. The molecule has 0 aromatic carbocycles. The number of hydrogen-bond donors (Lipinski definition) is 1. The van der Waals surface area contributed by atoms with Gasteiger partial charge in [-0.25, -0.2) is 0 Å². The summed E-state index contributed by atoms with van der Waals surface area (Å²) >= 11 is 0. The molecule has 0 spiro atoms. The zero-order chi connectivity index (χ0) is 10.1. The van der Waals surface area contributed by atoms with Crippen LogP contribution in [-0.4, -0.2) is 19.6 Å². The monoisotopic (exact) mass is 187 g/mol. The second-order valence-corrected chi connectivity index (χ2v) is 3.36. The summed E-state index contributed by atoms with van der Waals surface area (Å²) in [7, 11) is 1.43. The number of rotatable bonds is 7. The van der Waals surface area contributed by atoms with Crippen molar-refractivity contribution in [3.05, 3.63) is 0 Å². The molecule has 0 bridgehead atoms. The molecule has 0 aliphatic carbocycles. The van der Waals surface area contributed by atoms with Crippen molar-refractivity contribution in [2.45, 2.75) is 39.0 Å². The van der Waals surface area contributed by atoms with Crippen molar-refractivity contribution in [3.8, 4) is 0 Å². The number of nitrogens with two attached hydrogens (primary N) is 1. The van der Waals surface area contributed by atoms with Crippen molar-refractivity contribution in [3.63, 3.8) is 0 Å². The average Bonchev–Trinajstić information content (AvgIpc) is 2.16. The van der Waals surface area contributed by atoms with E-state index in [1.165, 1.54) is 13.5 Å². The van der Waals surface area contributed by atoms with Crippen LogP contribution in [0.4, 0.5) is 0 Å². The maximum absolute atomic E-state index is 10.8. The molecule has 0 aliphatic heterocycles. The summed E-state index contributed by atoms with van der Waals surface area (Å²) in [4.78, 5) is 10.8. The Hall–Kier alpha value is -0.570. The topological polar surface area (TPSA) is 52.3 Å². The molecule has 0 saturated carbocycles. The first kappa shape index (κ1) is 12.4. The maximum atomic E-state index is 10.8. The van der Waals surface area contributed by atoms with E-state index in [9.17, 15) is 4.79 Å². The average molecular weight is 187 g/mol. The summed E-state index contributed by atoms with van der Waals surface area (Å²) in [5, 5.41) is 0. The van der Waals surface area contributed by atoms with E-state index in [0.717, 1.165) is 25.8 Å². The van der Waals surface area contributed by atoms with Crippen LogP contribution in [0.15, 0.2) is 0 Å². The van der Waals surface area contributed by atoms with Gasteiger partial charge in [-0.1, -0.05) is 13.3 Å². The van der Waals surface area contributed by atoms with Crippen LogP contribution in [0.1, 0.15) is 39.0 Å². The highest BCUT2D eigenvalue weighted by Crippen LogP contribution is 2.13. The van der Waals surface area contributed by atoms with E-state index < -0.39 is 0 Å². The molecular weight excluding hydrogens is 166 g/mol. The highest BCUT2D eigenvalue weighted by molar-refractivity contribution is 5.68. The largest absolute Gasteiger partial charge is 0.469 e. The van der Waals surface area contributed by atoms with Gasteiger partial charge in [0, 0.05) is 6.42 Å². The van der Waals surface area contributed by atoms with Crippen molar-refractivity contribution < 1.29 is 9.53 Å². The zero-order valence-corrected chi connectivity index (χ0v) is 8.71. The molecule has 0 heterocycles. The molecule has 13 heavy (non-hydrogen) atoms. The molecule has 3 nitrogen and oxygen atoms in total. The Labute approximate surface area is 80.6 Å².